The average Bonchev–Trinajstić information content (AvgIpc) is 2.75. The molecular formula is C15H17Cl2N3O2S. The number of hydrogen-bond donors (Lipinski definition) is 2. The molecule has 1 unspecified atom stereocenters. The molecule has 1 atom stereocenters. The van der Waals surface area contributed by atoms with Gasteiger partial charge in [-0.05, 0) is 24.1 Å². The minimum Gasteiger partial charge on any atom is -0.326 e. The molecule has 1 saturated heterocycles. The van der Waals surface area contributed by atoms with E-state index in [1.54, 1.807) is 18.2 Å². The van der Waals surface area contributed by atoms with Crippen LogP contribution in [0.25, 0.3) is 0 Å². The molecule has 0 spiro atoms. The zero-order valence-corrected chi connectivity index (χ0v) is 15.1. The van der Waals surface area contributed by atoms with Crippen molar-refractivity contribution in [3.63, 3.8) is 0 Å². The molecule has 1 aromatic rings. The van der Waals surface area contributed by atoms with Crippen LogP contribution in [0.1, 0.15) is 20.3 Å². The summed E-state index contributed by atoms with van der Waals surface area (Å²) in [7, 11) is 0. The third-order valence-electron chi connectivity index (χ3n) is 2.89. The summed E-state index contributed by atoms with van der Waals surface area (Å²) in [6.07, 6.45) is 0.0569. The summed E-state index contributed by atoms with van der Waals surface area (Å²) < 4.78 is 0. The molecule has 8 heteroatoms. The molecule has 1 heterocycles. The number of nitrogens with zero attached hydrogens (tertiary/aromatic N) is 1. The van der Waals surface area contributed by atoms with Gasteiger partial charge in [-0.3, -0.25) is 14.6 Å². The number of amides is 2. The summed E-state index contributed by atoms with van der Waals surface area (Å²) >= 11 is 13.1. The summed E-state index contributed by atoms with van der Waals surface area (Å²) in [5.41, 5.74) is 0.504. The molecule has 0 radical (unpaired) electrons. The van der Waals surface area contributed by atoms with Gasteiger partial charge in [-0.1, -0.05) is 48.8 Å². The summed E-state index contributed by atoms with van der Waals surface area (Å²) in [6, 6.07) is 4.78. The van der Waals surface area contributed by atoms with Crippen LogP contribution in [0.2, 0.25) is 10.0 Å². The van der Waals surface area contributed by atoms with Crippen molar-refractivity contribution in [2.45, 2.75) is 25.5 Å². The van der Waals surface area contributed by atoms with E-state index >= 15 is 0 Å². The number of hydrogen-bond acceptors (Lipinski definition) is 4. The van der Waals surface area contributed by atoms with Crippen molar-refractivity contribution in [1.29, 1.82) is 0 Å². The van der Waals surface area contributed by atoms with Crippen LogP contribution in [0, 0.1) is 5.92 Å². The Bertz CT molecular complexity index is 629. The van der Waals surface area contributed by atoms with Gasteiger partial charge in [0.05, 0.1) is 0 Å². The molecule has 2 rings (SSSR count). The van der Waals surface area contributed by atoms with Gasteiger partial charge in [0.25, 0.3) is 0 Å². The average molecular weight is 374 g/mol. The van der Waals surface area contributed by atoms with E-state index in [-0.39, 0.29) is 18.2 Å². The largest absolute Gasteiger partial charge is 0.326 e. The number of carbonyl (C=O) groups is 2. The summed E-state index contributed by atoms with van der Waals surface area (Å²) in [5, 5.41) is 6.36. The van der Waals surface area contributed by atoms with Gasteiger partial charge < -0.3 is 10.6 Å². The molecule has 0 bridgehead atoms. The quantitative estimate of drug-likeness (QED) is 0.828. The van der Waals surface area contributed by atoms with E-state index in [9.17, 15) is 9.59 Å². The number of carbonyl (C=O) groups excluding carboxylic acids is 2. The minimum atomic E-state index is -0.476. The van der Waals surface area contributed by atoms with E-state index < -0.39 is 5.25 Å². The molecule has 23 heavy (non-hydrogen) atoms. The van der Waals surface area contributed by atoms with Crippen LogP contribution in [0.3, 0.4) is 0 Å². The minimum absolute atomic E-state index is 0.0569. The van der Waals surface area contributed by atoms with Crippen molar-refractivity contribution in [2.75, 3.05) is 11.9 Å². The first-order valence-corrected chi connectivity index (χ1v) is 8.75. The van der Waals surface area contributed by atoms with Gasteiger partial charge in [-0.2, -0.15) is 0 Å². The number of thioether (sulfide) groups is 1. The first-order chi connectivity index (χ1) is 10.8. The Hall–Kier alpha value is -1.24. The Morgan fingerprint density at radius 2 is 2.00 bits per heavy atom. The first kappa shape index (κ1) is 18.1. The maximum Gasteiger partial charge on any atom is 0.240 e. The molecule has 2 amide bonds. The molecule has 0 aromatic heterocycles. The molecule has 124 valence electrons. The van der Waals surface area contributed by atoms with Crippen molar-refractivity contribution in [1.82, 2.24) is 5.32 Å². The standard InChI is InChI=1S/C15H17Cl2N3O2S/c1-8(2)7-18-15-20-14(22)12(23-15)6-13(21)19-11-4-9(16)3-10(17)5-11/h3-5,8,12H,6-7H2,1-2H3,(H,19,21)(H,18,20,22). The first-order valence-electron chi connectivity index (χ1n) is 7.11. The second-order valence-corrected chi connectivity index (χ2v) is 7.61. The lowest BCUT2D eigenvalue weighted by molar-refractivity contribution is -0.122. The maximum absolute atomic E-state index is 12.1. The fourth-order valence-electron chi connectivity index (χ4n) is 1.89. The number of anilines is 1. The molecular weight excluding hydrogens is 357 g/mol. The fourth-order valence-corrected chi connectivity index (χ4v) is 3.39. The zero-order valence-electron chi connectivity index (χ0n) is 12.7. The smallest absolute Gasteiger partial charge is 0.240 e. The Morgan fingerprint density at radius 1 is 1.35 bits per heavy atom. The van der Waals surface area contributed by atoms with Crippen LogP contribution >= 0.6 is 35.0 Å². The van der Waals surface area contributed by atoms with E-state index in [2.05, 4.69) is 15.6 Å². The lowest BCUT2D eigenvalue weighted by atomic mass is 10.2. The molecule has 5 nitrogen and oxygen atoms in total. The number of amidine groups is 1. The van der Waals surface area contributed by atoms with Gasteiger partial charge in [-0.15, -0.1) is 0 Å². The highest BCUT2D eigenvalue weighted by molar-refractivity contribution is 8.15. The molecule has 0 saturated carbocycles. The second kappa shape index (κ2) is 8.04. The van der Waals surface area contributed by atoms with E-state index in [1.807, 2.05) is 13.8 Å². The zero-order chi connectivity index (χ0) is 17.0. The van der Waals surface area contributed by atoms with Crippen LogP contribution in [0.15, 0.2) is 23.2 Å². The van der Waals surface area contributed by atoms with Crippen LogP contribution in [-0.2, 0) is 9.59 Å². The summed E-state index contributed by atoms with van der Waals surface area (Å²) in [4.78, 5) is 28.3. The Balaban J connectivity index is 1.92. The topological polar surface area (TPSA) is 70.6 Å². The van der Waals surface area contributed by atoms with Gasteiger partial charge in [0, 0.05) is 28.7 Å². The SMILES string of the molecule is CC(C)CN=C1NC(=O)C(CC(=O)Nc2cc(Cl)cc(Cl)c2)S1. The highest BCUT2D eigenvalue weighted by atomic mass is 35.5. The number of benzene rings is 1. The van der Waals surface area contributed by atoms with Crippen molar-refractivity contribution < 1.29 is 9.59 Å². The predicted octanol–water partition coefficient (Wildman–Crippen LogP) is 3.57. The number of aliphatic imine (C=N–C) groups is 1. The van der Waals surface area contributed by atoms with Crippen molar-refractivity contribution in [3.8, 4) is 0 Å². The van der Waals surface area contributed by atoms with Gasteiger partial charge in [-0.25, -0.2) is 0 Å². The Labute approximate surface area is 149 Å². The van der Waals surface area contributed by atoms with E-state index in [4.69, 9.17) is 23.2 Å². The van der Waals surface area contributed by atoms with Crippen LogP contribution in [0.5, 0.6) is 0 Å². The normalized spacial score (nSPS) is 19.3. The molecule has 1 aliphatic rings. The predicted molar refractivity (Wildman–Crippen MR) is 96.4 cm³/mol. The molecule has 0 aliphatic carbocycles. The number of rotatable bonds is 5. The highest BCUT2D eigenvalue weighted by Gasteiger charge is 2.32. The van der Waals surface area contributed by atoms with Gasteiger partial charge in [0.15, 0.2) is 5.17 Å². The summed E-state index contributed by atoms with van der Waals surface area (Å²) in [6.45, 7) is 4.74. The molecule has 1 fully saturated rings. The van der Waals surface area contributed by atoms with Gasteiger partial charge in [0.2, 0.25) is 11.8 Å². The Kier molecular flexibility index (Phi) is 6.33. The number of halogens is 2. The van der Waals surface area contributed by atoms with Crippen molar-refractivity contribution >= 4 is 57.6 Å². The lowest BCUT2D eigenvalue weighted by Crippen LogP contribution is -2.28. The van der Waals surface area contributed by atoms with E-state index in [1.165, 1.54) is 11.8 Å². The highest BCUT2D eigenvalue weighted by Crippen LogP contribution is 2.25. The number of nitrogens with one attached hydrogen (secondary N) is 2. The van der Waals surface area contributed by atoms with Gasteiger partial charge in [0.1, 0.15) is 5.25 Å². The van der Waals surface area contributed by atoms with E-state index in [0.29, 0.717) is 33.4 Å². The Morgan fingerprint density at radius 3 is 2.61 bits per heavy atom. The summed E-state index contributed by atoms with van der Waals surface area (Å²) in [5.74, 6) is -0.0622. The van der Waals surface area contributed by atoms with E-state index in [0.717, 1.165) is 0 Å². The maximum atomic E-state index is 12.1. The fraction of sp³-hybridized carbons (Fsp3) is 0.400. The van der Waals surface area contributed by atoms with Crippen LogP contribution in [0.4, 0.5) is 5.69 Å². The second-order valence-electron chi connectivity index (χ2n) is 5.55. The third-order valence-corrected chi connectivity index (χ3v) is 4.45. The molecule has 2 N–H and O–H groups in total. The van der Waals surface area contributed by atoms with Gasteiger partial charge >= 0.3 is 0 Å². The monoisotopic (exact) mass is 373 g/mol. The third kappa shape index (κ3) is 5.71. The molecule has 1 aromatic carbocycles. The molecule has 1 aliphatic heterocycles. The van der Waals surface area contributed by atoms with Crippen LogP contribution in [-0.4, -0.2) is 28.8 Å². The lowest BCUT2D eigenvalue weighted by Gasteiger charge is -2.08. The van der Waals surface area contributed by atoms with Crippen molar-refractivity contribution in [2.24, 2.45) is 10.9 Å². The van der Waals surface area contributed by atoms with Crippen LogP contribution < -0.4 is 10.6 Å². The van der Waals surface area contributed by atoms with Crippen molar-refractivity contribution in [3.05, 3.63) is 28.2 Å².